The van der Waals surface area contributed by atoms with Crippen molar-refractivity contribution in [2.45, 2.75) is 26.2 Å². The number of ether oxygens (including phenoxy) is 1. The van der Waals surface area contributed by atoms with Crippen LogP contribution in [0.2, 0.25) is 0 Å². The van der Waals surface area contributed by atoms with Gasteiger partial charge in [-0.2, -0.15) is 0 Å². The Kier molecular flexibility index (Phi) is 7.65. The molecule has 0 N–H and O–H groups in total. The van der Waals surface area contributed by atoms with Gasteiger partial charge in [-0.1, -0.05) is 6.92 Å². The molecule has 0 heterocycles. The van der Waals surface area contributed by atoms with E-state index in [-0.39, 0.29) is 18.6 Å². The minimum Gasteiger partial charge on any atom is -0.466 e. The second-order valence-corrected chi connectivity index (χ2v) is 5.42. The number of hydrogen-bond acceptors (Lipinski definition) is 5. The van der Waals surface area contributed by atoms with E-state index in [1.54, 1.807) is 0 Å². The average molecular weight is 238 g/mol. The highest BCUT2D eigenvalue weighted by Crippen LogP contribution is 2.46. The summed E-state index contributed by atoms with van der Waals surface area (Å²) in [7, 11) is -0.305. The molecule has 0 radical (unpaired) electrons. The first-order chi connectivity index (χ1) is 7.08. The molecule has 0 bridgehead atoms. The van der Waals surface area contributed by atoms with Gasteiger partial charge in [0.2, 0.25) is 0 Å². The van der Waals surface area contributed by atoms with Gasteiger partial charge in [0, 0.05) is 20.6 Å². The third-order valence-corrected chi connectivity index (χ3v) is 3.81. The molecule has 0 saturated carbocycles. The van der Waals surface area contributed by atoms with E-state index in [9.17, 15) is 9.36 Å². The van der Waals surface area contributed by atoms with E-state index in [0.29, 0.717) is 13.0 Å². The van der Waals surface area contributed by atoms with E-state index < -0.39 is 7.60 Å². The van der Waals surface area contributed by atoms with E-state index in [2.05, 4.69) is 0 Å². The van der Waals surface area contributed by atoms with Gasteiger partial charge in [-0.05, 0) is 12.8 Å². The maximum atomic E-state index is 11.5. The third kappa shape index (κ3) is 6.66. The van der Waals surface area contributed by atoms with Gasteiger partial charge < -0.3 is 13.8 Å². The van der Waals surface area contributed by atoms with Crippen molar-refractivity contribution < 1.29 is 23.1 Å². The van der Waals surface area contributed by atoms with Crippen molar-refractivity contribution in [3.63, 3.8) is 0 Å². The highest BCUT2D eigenvalue weighted by molar-refractivity contribution is 7.53. The topological polar surface area (TPSA) is 61.8 Å². The summed E-state index contributed by atoms with van der Waals surface area (Å²) in [5, 5.41) is 0. The van der Waals surface area contributed by atoms with Crippen molar-refractivity contribution in [2.24, 2.45) is 0 Å². The van der Waals surface area contributed by atoms with Gasteiger partial charge in [0.1, 0.15) is 0 Å². The molecule has 0 aliphatic rings. The Morgan fingerprint density at radius 2 is 1.87 bits per heavy atom. The normalized spacial score (nSPS) is 11.4. The maximum absolute atomic E-state index is 11.5. The van der Waals surface area contributed by atoms with Crippen LogP contribution in [0, 0.1) is 0 Å². The molecule has 0 fully saturated rings. The summed E-state index contributed by atoms with van der Waals surface area (Å²) in [5.74, 6) is -0.268. The van der Waals surface area contributed by atoms with Gasteiger partial charge >= 0.3 is 13.6 Å². The van der Waals surface area contributed by atoms with Gasteiger partial charge in [-0.25, -0.2) is 0 Å². The Hall–Kier alpha value is -0.380. The van der Waals surface area contributed by atoms with Crippen LogP contribution in [0.3, 0.4) is 0 Å². The van der Waals surface area contributed by atoms with Crippen molar-refractivity contribution >= 4 is 13.6 Å². The largest absolute Gasteiger partial charge is 0.466 e. The molecule has 0 saturated heterocycles. The van der Waals surface area contributed by atoms with E-state index in [1.807, 2.05) is 6.92 Å². The lowest BCUT2D eigenvalue weighted by atomic mass is 10.3. The zero-order valence-corrected chi connectivity index (χ0v) is 10.4. The molecule has 15 heavy (non-hydrogen) atoms. The summed E-state index contributed by atoms with van der Waals surface area (Å²) >= 11 is 0. The van der Waals surface area contributed by atoms with Crippen LogP contribution in [0.1, 0.15) is 26.2 Å². The Labute approximate surface area is 90.6 Å². The van der Waals surface area contributed by atoms with Crippen LogP contribution in [-0.4, -0.2) is 33.0 Å². The van der Waals surface area contributed by atoms with Crippen LogP contribution >= 0.6 is 7.60 Å². The average Bonchev–Trinajstić information content (AvgIpc) is 2.26. The van der Waals surface area contributed by atoms with Crippen LogP contribution in [0.4, 0.5) is 0 Å². The molecule has 0 unspecified atom stereocenters. The predicted octanol–water partition coefficient (Wildman–Crippen LogP) is 2.21. The fraction of sp³-hybridized carbons (Fsp3) is 0.889. The van der Waals surface area contributed by atoms with Crippen molar-refractivity contribution in [1.82, 2.24) is 0 Å². The van der Waals surface area contributed by atoms with E-state index in [4.69, 9.17) is 13.8 Å². The summed E-state index contributed by atoms with van der Waals surface area (Å²) in [6.07, 6.45) is 1.74. The first-order valence-electron chi connectivity index (χ1n) is 4.94. The first kappa shape index (κ1) is 14.6. The van der Waals surface area contributed by atoms with Crippen molar-refractivity contribution in [3.05, 3.63) is 0 Å². The molecule has 0 atom stereocenters. The van der Waals surface area contributed by atoms with Crippen LogP contribution < -0.4 is 0 Å². The number of carbonyl (C=O) groups is 1. The molecule has 0 aliphatic heterocycles. The number of hydrogen-bond donors (Lipinski definition) is 0. The summed E-state index contributed by atoms with van der Waals surface area (Å²) in [5.41, 5.74) is 0. The second-order valence-electron chi connectivity index (χ2n) is 3.02. The lowest BCUT2D eigenvalue weighted by Gasteiger charge is -2.12. The molecule has 0 aromatic rings. The molecule has 5 nitrogen and oxygen atoms in total. The maximum Gasteiger partial charge on any atom is 0.330 e. The SMILES string of the molecule is CCCOC(=O)CCCP(=O)(OC)OC. The number of rotatable bonds is 8. The standard InChI is InChI=1S/C9H19O5P/c1-4-7-14-9(10)6-5-8-15(11,12-2)13-3/h4-8H2,1-3H3. The Balaban J connectivity index is 3.69. The van der Waals surface area contributed by atoms with Gasteiger partial charge in [0.25, 0.3) is 0 Å². The smallest absolute Gasteiger partial charge is 0.330 e. The Bertz CT molecular complexity index is 221. The summed E-state index contributed by atoms with van der Waals surface area (Å²) in [4.78, 5) is 11.1. The second kappa shape index (κ2) is 7.85. The zero-order chi connectivity index (χ0) is 11.7. The van der Waals surface area contributed by atoms with Crippen LogP contribution in [-0.2, 0) is 23.1 Å². The van der Waals surface area contributed by atoms with Gasteiger partial charge in [-0.3, -0.25) is 9.36 Å². The van der Waals surface area contributed by atoms with Crippen molar-refractivity contribution in [3.8, 4) is 0 Å². The number of carbonyl (C=O) groups excluding carboxylic acids is 1. The van der Waals surface area contributed by atoms with E-state index >= 15 is 0 Å². The summed E-state index contributed by atoms with van der Waals surface area (Å²) in [6, 6.07) is 0. The lowest BCUT2D eigenvalue weighted by molar-refractivity contribution is -0.143. The zero-order valence-electron chi connectivity index (χ0n) is 9.52. The third-order valence-electron chi connectivity index (χ3n) is 1.84. The predicted molar refractivity (Wildman–Crippen MR) is 57.0 cm³/mol. The highest BCUT2D eigenvalue weighted by atomic mass is 31.2. The molecule has 0 aromatic carbocycles. The molecule has 6 heteroatoms. The van der Waals surface area contributed by atoms with Gasteiger partial charge in [0.15, 0.2) is 0 Å². The summed E-state index contributed by atoms with van der Waals surface area (Å²) < 4.78 is 25.9. The van der Waals surface area contributed by atoms with Crippen LogP contribution in [0.25, 0.3) is 0 Å². The molecular formula is C9H19O5P. The Morgan fingerprint density at radius 3 is 2.33 bits per heavy atom. The first-order valence-corrected chi connectivity index (χ1v) is 6.67. The molecule has 0 rings (SSSR count). The van der Waals surface area contributed by atoms with Crippen LogP contribution in [0.5, 0.6) is 0 Å². The fourth-order valence-corrected chi connectivity index (χ4v) is 2.02. The summed E-state index contributed by atoms with van der Waals surface area (Å²) in [6.45, 7) is 2.36. The van der Waals surface area contributed by atoms with Gasteiger partial charge in [0.05, 0.1) is 12.8 Å². The quantitative estimate of drug-likeness (QED) is 0.479. The van der Waals surface area contributed by atoms with Crippen molar-refractivity contribution in [2.75, 3.05) is 27.0 Å². The van der Waals surface area contributed by atoms with E-state index in [1.165, 1.54) is 14.2 Å². The van der Waals surface area contributed by atoms with Crippen molar-refractivity contribution in [1.29, 1.82) is 0 Å². The molecule has 0 spiro atoms. The molecule has 0 aliphatic carbocycles. The molecule has 0 amide bonds. The minimum atomic E-state index is -2.97. The fourth-order valence-electron chi connectivity index (χ4n) is 0.962. The molecule has 0 aromatic heterocycles. The van der Waals surface area contributed by atoms with Crippen LogP contribution in [0.15, 0.2) is 0 Å². The van der Waals surface area contributed by atoms with Gasteiger partial charge in [-0.15, -0.1) is 0 Å². The van der Waals surface area contributed by atoms with E-state index in [0.717, 1.165) is 6.42 Å². The Morgan fingerprint density at radius 1 is 1.27 bits per heavy atom. The minimum absolute atomic E-state index is 0.237. The highest BCUT2D eigenvalue weighted by Gasteiger charge is 2.20. The lowest BCUT2D eigenvalue weighted by Crippen LogP contribution is -2.06. The monoisotopic (exact) mass is 238 g/mol. The molecule has 90 valence electrons. The molecular weight excluding hydrogens is 219 g/mol. The number of esters is 1.